The minimum Gasteiger partial charge on any atom is -0.307 e. The summed E-state index contributed by atoms with van der Waals surface area (Å²) in [4.78, 5) is 26.1. The summed E-state index contributed by atoms with van der Waals surface area (Å²) in [6.07, 6.45) is 1.71. The molecule has 1 aliphatic carbocycles. The smallest absolute Gasteiger partial charge is 0.307 e. The summed E-state index contributed by atoms with van der Waals surface area (Å²) < 4.78 is 14.2. The van der Waals surface area contributed by atoms with Gasteiger partial charge in [-0.3, -0.25) is 9.36 Å². The van der Waals surface area contributed by atoms with Crippen molar-refractivity contribution in [3.63, 3.8) is 0 Å². The van der Waals surface area contributed by atoms with E-state index in [9.17, 15) is 14.0 Å². The molecule has 1 aliphatic rings. The second-order valence-corrected chi connectivity index (χ2v) is 4.03. The number of H-pyrrole nitrogens is 1. The Morgan fingerprint density at radius 3 is 2.75 bits per heavy atom. The van der Waals surface area contributed by atoms with Crippen molar-refractivity contribution in [2.24, 2.45) is 0 Å². The van der Waals surface area contributed by atoms with Gasteiger partial charge in [0.15, 0.2) is 0 Å². The fraction of sp³-hybridized carbons (Fsp3) is 0.273. The quantitative estimate of drug-likeness (QED) is 0.784. The maximum Gasteiger partial charge on any atom is 0.329 e. The molecule has 0 radical (unpaired) electrons. The van der Waals surface area contributed by atoms with E-state index in [4.69, 9.17) is 0 Å². The van der Waals surface area contributed by atoms with Crippen LogP contribution in [0.3, 0.4) is 0 Å². The van der Waals surface area contributed by atoms with Crippen LogP contribution in [0.4, 0.5) is 4.39 Å². The Labute approximate surface area is 89.3 Å². The van der Waals surface area contributed by atoms with Crippen molar-refractivity contribution in [3.05, 3.63) is 44.9 Å². The predicted octanol–water partition coefficient (Wildman–Crippen LogP) is 1.16. The molecule has 4 nitrogen and oxygen atoms in total. The Morgan fingerprint density at radius 1 is 1.31 bits per heavy atom. The summed E-state index contributed by atoms with van der Waals surface area (Å²) in [7, 11) is 0. The van der Waals surface area contributed by atoms with Crippen molar-refractivity contribution in [1.82, 2.24) is 9.55 Å². The highest BCUT2D eigenvalue weighted by Crippen LogP contribution is 2.32. The first kappa shape index (κ1) is 9.33. The van der Waals surface area contributed by atoms with Crippen molar-refractivity contribution in [2.75, 3.05) is 0 Å². The Hall–Kier alpha value is -1.91. The van der Waals surface area contributed by atoms with Gasteiger partial charge in [0.25, 0.3) is 5.56 Å². The Morgan fingerprint density at radius 2 is 2.06 bits per heavy atom. The lowest BCUT2D eigenvalue weighted by molar-refractivity contribution is 0.627. The molecule has 0 atom stereocenters. The maximum atomic E-state index is 12.9. The van der Waals surface area contributed by atoms with Crippen LogP contribution in [0.1, 0.15) is 18.9 Å². The minimum atomic E-state index is -0.466. The molecule has 5 heteroatoms. The molecule has 82 valence electrons. The molecule has 3 rings (SSSR count). The van der Waals surface area contributed by atoms with Crippen molar-refractivity contribution < 1.29 is 4.39 Å². The number of fused-ring (bicyclic) bond motifs is 1. The fourth-order valence-corrected chi connectivity index (χ4v) is 1.87. The Bertz CT molecular complexity index is 682. The number of halogens is 1. The van der Waals surface area contributed by atoms with Gasteiger partial charge in [-0.1, -0.05) is 0 Å². The molecule has 1 fully saturated rings. The third kappa shape index (κ3) is 1.28. The number of hydrogen-bond donors (Lipinski definition) is 1. The SMILES string of the molecule is O=c1[nH]c2cc(F)ccc2c(=O)n1C1CC1. The molecule has 1 aromatic heterocycles. The van der Waals surface area contributed by atoms with Gasteiger partial charge in [-0.2, -0.15) is 0 Å². The summed E-state index contributed by atoms with van der Waals surface area (Å²) in [6, 6.07) is 3.81. The van der Waals surface area contributed by atoms with E-state index in [1.54, 1.807) is 0 Å². The van der Waals surface area contributed by atoms with Gasteiger partial charge < -0.3 is 4.98 Å². The fourth-order valence-electron chi connectivity index (χ4n) is 1.87. The average molecular weight is 220 g/mol. The normalized spacial score (nSPS) is 15.6. The molecule has 0 spiro atoms. The van der Waals surface area contributed by atoms with Crippen LogP contribution >= 0.6 is 0 Å². The van der Waals surface area contributed by atoms with Gasteiger partial charge in [-0.25, -0.2) is 9.18 Å². The second kappa shape index (κ2) is 3.04. The molecule has 16 heavy (non-hydrogen) atoms. The van der Waals surface area contributed by atoms with Crippen molar-refractivity contribution in [2.45, 2.75) is 18.9 Å². The van der Waals surface area contributed by atoms with Crippen molar-refractivity contribution in [1.29, 1.82) is 0 Å². The van der Waals surface area contributed by atoms with Crippen LogP contribution in [-0.4, -0.2) is 9.55 Å². The van der Waals surface area contributed by atoms with Gasteiger partial charge >= 0.3 is 5.69 Å². The lowest BCUT2D eigenvalue weighted by Gasteiger charge is -2.04. The van der Waals surface area contributed by atoms with Gasteiger partial charge in [-0.15, -0.1) is 0 Å². The zero-order chi connectivity index (χ0) is 11.3. The van der Waals surface area contributed by atoms with E-state index in [0.29, 0.717) is 5.39 Å². The van der Waals surface area contributed by atoms with Crippen LogP contribution in [0.25, 0.3) is 10.9 Å². The summed E-state index contributed by atoms with van der Waals surface area (Å²) in [5.41, 5.74) is -0.529. The first-order valence-electron chi connectivity index (χ1n) is 5.11. The number of nitrogens with zero attached hydrogens (tertiary/aromatic N) is 1. The number of benzene rings is 1. The van der Waals surface area contributed by atoms with Crippen LogP contribution in [0.15, 0.2) is 27.8 Å². The first-order chi connectivity index (χ1) is 7.66. The highest BCUT2D eigenvalue weighted by molar-refractivity contribution is 5.77. The molecule has 1 saturated carbocycles. The van der Waals surface area contributed by atoms with E-state index in [-0.39, 0.29) is 17.1 Å². The van der Waals surface area contributed by atoms with E-state index < -0.39 is 11.5 Å². The molecule has 0 unspecified atom stereocenters. The number of hydrogen-bond acceptors (Lipinski definition) is 2. The summed E-state index contributed by atoms with van der Waals surface area (Å²) in [5.74, 6) is -0.466. The van der Waals surface area contributed by atoms with Crippen molar-refractivity contribution in [3.8, 4) is 0 Å². The van der Waals surface area contributed by atoms with E-state index >= 15 is 0 Å². The second-order valence-electron chi connectivity index (χ2n) is 4.03. The largest absolute Gasteiger partial charge is 0.329 e. The number of aromatic nitrogens is 2. The summed E-state index contributed by atoms with van der Waals surface area (Å²) in [6.45, 7) is 0. The maximum absolute atomic E-state index is 12.9. The molecule has 2 aromatic rings. The Kier molecular flexibility index (Phi) is 1.77. The Balaban J connectivity index is 2.43. The zero-order valence-electron chi connectivity index (χ0n) is 8.37. The van der Waals surface area contributed by atoms with Gasteiger partial charge in [0, 0.05) is 6.04 Å². The number of nitrogens with one attached hydrogen (secondary N) is 1. The summed E-state index contributed by atoms with van der Waals surface area (Å²) in [5, 5.41) is 0.355. The molecule has 0 amide bonds. The lowest BCUT2D eigenvalue weighted by Crippen LogP contribution is -2.34. The van der Waals surface area contributed by atoms with E-state index in [1.807, 2.05) is 0 Å². The van der Waals surface area contributed by atoms with Crippen LogP contribution < -0.4 is 11.2 Å². The van der Waals surface area contributed by atoms with Crippen LogP contribution in [0.5, 0.6) is 0 Å². The van der Waals surface area contributed by atoms with E-state index in [2.05, 4.69) is 4.98 Å². The van der Waals surface area contributed by atoms with Crippen LogP contribution in [0, 0.1) is 5.82 Å². The average Bonchev–Trinajstić information content (AvgIpc) is 3.01. The predicted molar refractivity (Wildman–Crippen MR) is 57.1 cm³/mol. The first-order valence-corrected chi connectivity index (χ1v) is 5.11. The van der Waals surface area contributed by atoms with E-state index in [0.717, 1.165) is 18.9 Å². The highest BCUT2D eigenvalue weighted by Gasteiger charge is 2.27. The molecule has 1 heterocycles. The molecule has 0 saturated heterocycles. The molecule has 0 bridgehead atoms. The number of aromatic amines is 1. The monoisotopic (exact) mass is 220 g/mol. The van der Waals surface area contributed by atoms with Gasteiger partial charge in [0.05, 0.1) is 10.9 Å². The van der Waals surface area contributed by atoms with E-state index in [1.165, 1.54) is 16.7 Å². The third-order valence-electron chi connectivity index (χ3n) is 2.80. The molecular weight excluding hydrogens is 211 g/mol. The lowest BCUT2D eigenvalue weighted by atomic mass is 10.2. The van der Waals surface area contributed by atoms with Crippen molar-refractivity contribution >= 4 is 10.9 Å². The molecular formula is C11H9FN2O2. The minimum absolute atomic E-state index is 0.0192. The zero-order valence-corrected chi connectivity index (χ0v) is 8.37. The number of rotatable bonds is 1. The van der Waals surface area contributed by atoms with Crippen LogP contribution in [-0.2, 0) is 0 Å². The molecule has 0 aliphatic heterocycles. The highest BCUT2D eigenvalue weighted by atomic mass is 19.1. The molecule has 1 N–H and O–H groups in total. The van der Waals surface area contributed by atoms with Crippen LogP contribution in [0.2, 0.25) is 0 Å². The van der Waals surface area contributed by atoms with Gasteiger partial charge in [-0.05, 0) is 31.0 Å². The molecule has 1 aromatic carbocycles. The van der Waals surface area contributed by atoms with Gasteiger partial charge in [0.2, 0.25) is 0 Å². The third-order valence-corrected chi connectivity index (χ3v) is 2.80. The van der Waals surface area contributed by atoms with Gasteiger partial charge in [0.1, 0.15) is 5.82 Å². The summed E-state index contributed by atoms with van der Waals surface area (Å²) >= 11 is 0. The standard InChI is InChI=1S/C11H9FN2O2/c12-6-1-4-8-9(5-6)13-11(16)14(10(8)15)7-2-3-7/h1,4-5,7H,2-3H2,(H,13,16). The topological polar surface area (TPSA) is 54.9 Å².